The number of carbonyl (C=O) groups excluding carboxylic acids is 2. The maximum absolute atomic E-state index is 13.3. The van der Waals surface area contributed by atoms with Gasteiger partial charge in [-0.3, -0.25) is 4.79 Å². The predicted octanol–water partition coefficient (Wildman–Crippen LogP) is 4.46. The van der Waals surface area contributed by atoms with Gasteiger partial charge in [-0.2, -0.15) is 0 Å². The highest BCUT2D eigenvalue weighted by Crippen LogP contribution is 2.24. The first-order valence-electron chi connectivity index (χ1n) is 12.1. The summed E-state index contributed by atoms with van der Waals surface area (Å²) in [6.07, 6.45) is 4.30. The van der Waals surface area contributed by atoms with Crippen molar-refractivity contribution in [2.45, 2.75) is 45.3 Å². The lowest BCUT2D eigenvalue weighted by Crippen LogP contribution is -2.49. The van der Waals surface area contributed by atoms with Gasteiger partial charge in [0.2, 0.25) is 5.91 Å². The summed E-state index contributed by atoms with van der Waals surface area (Å²) in [6.45, 7) is 5.80. The Balaban J connectivity index is 1.48. The largest absolute Gasteiger partial charge is 0.497 e. The van der Waals surface area contributed by atoms with E-state index in [9.17, 15) is 9.59 Å². The molecule has 1 atom stereocenters. The van der Waals surface area contributed by atoms with Crippen LogP contribution in [0, 0.1) is 0 Å². The van der Waals surface area contributed by atoms with E-state index in [1.165, 1.54) is 0 Å². The number of aromatic amines is 1. The number of para-hydroxylation sites is 1. The van der Waals surface area contributed by atoms with E-state index in [2.05, 4.69) is 15.6 Å². The summed E-state index contributed by atoms with van der Waals surface area (Å²) in [7, 11) is 3.61. The van der Waals surface area contributed by atoms with Crippen LogP contribution in [0.1, 0.15) is 31.9 Å². The number of H-pyrrole nitrogens is 1. The van der Waals surface area contributed by atoms with Crippen LogP contribution in [0.5, 0.6) is 5.75 Å². The summed E-state index contributed by atoms with van der Waals surface area (Å²) in [5.74, 6) is 0.523. The molecule has 0 spiro atoms. The number of alkyl carbamates (subject to hydrolysis) is 1. The molecule has 0 bridgehead atoms. The van der Waals surface area contributed by atoms with E-state index >= 15 is 0 Å². The van der Waals surface area contributed by atoms with Gasteiger partial charge in [-0.05, 0) is 62.6 Å². The Labute approximate surface area is 211 Å². The Hall–Kier alpha value is -3.94. The van der Waals surface area contributed by atoms with Gasteiger partial charge in [0, 0.05) is 54.2 Å². The second-order valence-electron chi connectivity index (χ2n) is 9.95. The van der Waals surface area contributed by atoms with Gasteiger partial charge < -0.3 is 29.7 Å². The van der Waals surface area contributed by atoms with E-state index < -0.39 is 17.7 Å². The Morgan fingerprint density at radius 1 is 1.08 bits per heavy atom. The molecule has 2 aromatic carbocycles. The number of carbonyl (C=O) groups is 2. The van der Waals surface area contributed by atoms with E-state index in [4.69, 9.17) is 9.47 Å². The summed E-state index contributed by atoms with van der Waals surface area (Å²) < 4.78 is 12.8. The van der Waals surface area contributed by atoms with Gasteiger partial charge in [-0.15, -0.1) is 0 Å². The number of hydrogen-bond acceptors (Lipinski definition) is 4. The lowest BCUT2D eigenvalue weighted by atomic mass is 10.0. The monoisotopic (exact) mass is 490 g/mol. The van der Waals surface area contributed by atoms with E-state index in [0.29, 0.717) is 19.4 Å². The topological polar surface area (TPSA) is 97.4 Å². The number of aromatic nitrogens is 2. The normalized spacial score (nSPS) is 12.5. The lowest BCUT2D eigenvalue weighted by Gasteiger charge is -2.23. The molecule has 0 fully saturated rings. The van der Waals surface area contributed by atoms with Crippen LogP contribution < -0.4 is 15.4 Å². The third-order valence-electron chi connectivity index (χ3n) is 6.08. The van der Waals surface area contributed by atoms with Gasteiger partial charge in [0.1, 0.15) is 17.4 Å². The molecule has 4 aromatic rings. The standard InChI is InChI=1S/C28H34N4O4/c1-28(2,3)36-27(34)31-24(14-19-17-32(4)25-9-7-6-8-21(19)25)26(33)29-13-12-18-16-30-23-11-10-20(35-5)15-22(18)23/h6-11,15-17,24,30H,12-14H2,1-5H3,(H,29,33)(H,31,34)/t24-/m0/s1. The van der Waals surface area contributed by atoms with Crippen molar-refractivity contribution in [3.63, 3.8) is 0 Å². The lowest BCUT2D eigenvalue weighted by molar-refractivity contribution is -0.123. The van der Waals surface area contributed by atoms with Crippen LogP contribution >= 0.6 is 0 Å². The van der Waals surface area contributed by atoms with Gasteiger partial charge in [0.05, 0.1) is 7.11 Å². The highest BCUT2D eigenvalue weighted by molar-refractivity contribution is 5.89. The summed E-state index contributed by atoms with van der Waals surface area (Å²) in [4.78, 5) is 29.1. The smallest absolute Gasteiger partial charge is 0.408 e. The van der Waals surface area contributed by atoms with Gasteiger partial charge in [-0.25, -0.2) is 4.79 Å². The Morgan fingerprint density at radius 3 is 2.61 bits per heavy atom. The highest BCUT2D eigenvalue weighted by atomic mass is 16.6. The molecule has 0 aliphatic heterocycles. The molecule has 36 heavy (non-hydrogen) atoms. The minimum Gasteiger partial charge on any atom is -0.497 e. The van der Waals surface area contributed by atoms with Crippen LogP contribution in [0.2, 0.25) is 0 Å². The molecule has 2 heterocycles. The van der Waals surface area contributed by atoms with Gasteiger partial charge in [-0.1, -0.05) is 18.2 Å². The van der Waals surface area contributed by atoms with E-state index in [-0.39, 0.29) is 5.91 Å². The van der Waals surface area contributed by atoms with Crippen LogP contribution in [0.15, 0.2) is 54.9 Å². The van der Waals surface area contributed by atoms with Crippen LogP contribution in [-0.2, 0) is 29.4 Å². The Kier molecular flexibility index (Phi) is 7.24. The molecule has 2 amide bonds. The molecular weight excluding hydrogens is 456 g/mol. The van der Waals surface area contributed by atoms with E-state index in [0.717, 1.165) is 38.7 Å². The third-order valence-corrected chi connectivity index (χ3v) is 6.08. The van der Waals surface area contributed by atoms with Crippen molar-refractivity contribution in [3.05, 3.63) is 66.0 Å². The number of rotatable bonds is 8. The van der Waals surface area contributed by atoms with Crippen molar-refractivity contribution >= 4 is 33.8 Å². The number of benzene rings is 2. The molecule has 4 rings (SSSR count). The maximum Gasteiger partial charge on any atom is 0.408 e. The first-order valence-corrected chi connectivity index (χ1v) is 12.1. The van der Waals surface area contributed by atoms with Crippen LogP contribution in [0.25, 0.3) is 21.8 Å². The zero-order chi connectivity index (χ0) is 25.9. The van der Waals surface area contributed by atoms with Crippen molar-refractivity contribution in [3.8, 4) is 5.75 Å². The van der Waals surface area contributed by atoms with Crippen LogP contribution in [-0.4, -0.2) is 46.8 Å². The van der Waals surface area contributed by atoms with Crippen LogP contribution in [0.4, 0.5) is 4.79 Å². The summed E-state index contributed by atoms with van der Waals surface area (Å²) in [5.41, 5.74) is 3.47. The van der Waals surface area contributed by atoms with E-state index in [1.54, 1.807) is 27.9 Å². The minimum absolute atomic E-state index is 0.258. The van der Waals surface area contributed by atoms with Crippen molar-refractivity contribution in [2.24, 2.45) is 7.05 Å². The zero-order valence-electron chi connectivity index (χ0n) is 21.5. The van der Waals surface area contributed by atoms with Gasteiger partial charge in [0.25, 0.3) is 0 Å². The number of ether oxygens (including phenoxy) is 2. The van der Waals surface area contributed by atoms with Crippen LogP contribution in [0.3, 0.4) is 0 Å². The number of nitrogens with one attached hydrogen (secondary N) is 3. The van der Waals surface area contributed by atoms with Crippen molar-refractivity contribution in [2.75, 3.05) is 13.7 Å². The average molecular weight is 491 g/mol. The fourth-order valence-corrected chi connectivity index (χ4v) is 4.40. The molecule has 0 saturated heterocycles. The second-order valence-corrected chi connectivity index (χ2v) is 9.95. The molecule has 0 radical (unpaired) electrons. The third kappa shape index (κ3) is 5.82. The fourth-order valence-electron chi connectivity index (χ4n) is 4.40. The summed E-state index contributed by atoms with van der Waals surface area (Å²) in [5, 5.41) is 7.89. The molecule has 2 aromatic heterocycles. The van der Waals surface area contributed by atoms with Gasteiger partial charge in [0.15, 0.2) is 0 Å². The Bertz CT molecular complexity index is 1380. The SMILES string of the molecule is COc1ccc2[nH]cc(CCNC(=O)[C@H](Cc3cn(C)c4ccccc34)NC(=O)OC(C)(C)C)c2c1. The first-order chi connectivity index (χ1) is 17.1. The molecule has 190 valence electrons. The van der Waals surface area contributed by atoms with E-state index in [1.807, 2.05) is 66.5 Å². The van der Waals surface area contributed by atoms with Crippen molar-refractivity contribution in [1.82, 2.24) is 20.2 Å². The Morgan fingerprint density at radius 2 is 1.86 bits per heavy atom. The molecule has 3 N–H and O–H groups in total. The highest BCUT2D eigenvalue weighted by Gasteiger charge is 2.26. The number of nitrogens with zero attached hydrogens (tertiary/aromatic N) is 1. The molecule has 0 aliphatic carbocycles. The fraction of sp³-hybridized carbons (Fsp3) is 0.357. The number of amides is 2. The molecule has 0 saturated carbocycles. The first kappa shape index (κ1) is 25.2. The average Bonchev–Trinajstić information content (AvgIpc) is 3.37. The number of aryl methyl sites for hydroxylation is 1. The molecule has 0 aliphatic rings. The number of hydrogen-bond donors (Lipinski definition) is 3. The molecule has 8 heteroatoms. The van der Waals surface area contributed by atoms with Gasteiger partial charge >= 0.3 is 6.09 Å². The molecular formula is C28H34N4O4. The summed E-state index contributed by atoms with van der Waals surface area (Å²) in [6, 6.07) is 13.1. The quantitative estimate of drug-likeness (QED) is 0.340. The molecule has 8 nitrogen and oxygen atoms in total. The maximum atomic E-state index is 13.3. The number of fused-ring (bicyclic) bond motifs is 2. The number of methoxy groups -OCH3 is 1. The minimum atomic E-state index is -0.784. The molecule has 0 unspecified atom stereocenters. The summed E-state index contributed by atoms with van der Waals surface area (Å²) >= 11 is 0. The predicted molar refractivity (Wildman–Crippen MR) is 141 cm³/mol. The van der Waals surface area contributed by atoms with Crippen molar-refractivity contribution in [1.29, 1.82) is 0 Å². The zero-order valence-corrected chi connectivity index (χ0v) is 21.5. The second kappa shape index (κ2) is 10.4. The van der Waals surface area contributed by atoms with Crippen molar-refractivity contribution < 1.29 is 19.1 Å².